The number of pyridine rings is 1. The van der Waals surface area contributed by atoms with Gasteiger partial charge >= 0.3 is 6.03 Å². The van der Waals surface area contributed by atoms with Gasteiger partial charge in [-0.3, -0.25) is 0 Å². The number of rotatable bonds is 4. The Bertz CT molecular complexity index is 610. The Morgan fingerprint density at radius 3 is 2.23 bits per heavy atom. The van der Waals surface area contributed by atoms with Crippen LogP contribution in [0.25, 0.3) is 0 Å². The molecule has 0 spiro atoms. The number of carbonyl (C=O) groups is 1. The number of urea groups is 1. The van der Waals surface area contributed by atoms with Crippen LogP contribution in [0.2, 0.25) is 0 Å². The third kappa shape index (κ3) is 5.62. The van der Waals surface area contributed by atoms with E-state index >= 15 is 0 Å². The van der Waals surface area contributed by atoms with Gasteiger partial charge in [0.25, 0.3) is 0 Å². The third-order valence-electron chi connectivity index (χ3n) is 5.35. The van der Waals surface area contributed by atoms with Crippen LogP contribution in [0, 0.1) is 11.3 Å². The van der Waals surface area contributed by atoms with Crippen molar-refractivity contribution in [3.63, 3.8) is 0 Å². The first-order valence-electron chi connectivity index (χ1n) is 9.83. The van der Waals surface area contributed by atoms with E-state index in [0.29, 0.717) is 17.5 Å². The summed E-state index contributed by atoms with van der Waals surface area (Å²) in [7, 11) is 0. The largest absolute Gasteiger partial charge is 0.474 e. The van der Waals surface area contributed by atoms with E-state index in [-0.39, 0.29) is 18.2 Å². The molecule has 0 aromatic carbocycles. The van der Waals surface area contributed by atoms with Gasteiger partial charge in [-0.15, -0.1) is 0 Å². The first-order valence-corrected chi connectivity index (χ1v) is 9.83. The predicted octanol–water partition coefficient (Wildman–Crippen LogP) is 3.67. The van der Waals surface area contributed by atoms with Crippen molar-refractivity contribution in [3.8, 4) is 11.9 Å². The highest BCUT2D eigenvalue weighted by atomic mass is 16.5. The minimum absolute atomic E-state index is 0.0185. The van der Waals surface area contributed by atoms with Crippen molar-refractivity contribution in [3.05, 3.63) is 23.9 Å². The number of nitrogens with one attached hydrogen (secondary N) is 2. The average molecular weight is 356 g/mol. The quantitative estimate of drug-likeness (QED) is 0.806. The van der Waals surface area contributed by atoms with Crippen molar-refractivity contribution >= 4 is 6.03 Å². The lowest BCUT2D eigenvalue weighted by molar-refractivity contribution is 0.134. The molecule has 2 N–H and O–H groups in total. The Morgan fingerprint density at radius 2 is 1.65 bits per heavy atom. The summed E-state index contributed by atoms with van der Waals surface area (Å²) in [6.45, 7) is 0. The van der Waals surface area contributed by atoms with Crippen LogP contribution < -0.4 is 15.4 Å². The van der Waals surface area contributed by atoms with Crippen LogP contribution in [0.15, 0.2) is 18.3 Å². The number of amides is 2. The molecule has 6 heteroatoms. The molecule has 1 aromatic heterocycles. The van der Waals surface area contributed by atoms with E-state index < -0.39 is 0 Å². The monoisotopic (exact) mass is 356 g/mol. The van der Waals surface area contributed by atoms with Crippen molar-refractivity contribution < 1.29 is 9.53 Å². The fourth-order valence-electron chi connectivity index (χ4n) is 3.85. The van der Waals surface area contributed by atoms with Crippen LogP contribution in [0.5, 0.6) is 5.88 Å². The van der Waals surface area contributed by atoms with Crippen LogP contribution in [-0.2, 0) is 0 Å². The first-order chi connectivity index (χ1) is 12.7. The molecule has 0 aliphatic heterocycles. The summed E-state index contributed by atoms with van der Waals surface area (Å²) in [5.41, 5.74) is 0.532. The number of hydrogen-bond donors (Lipinski definition) is 2. The first kappa shape index (κ1) is 18.5. The number of aromatic nitrogens is 1. The van der Waals surface area contributed by atoms with Gasteiger partial charge < -0.3 is 15.4 Å². The minimum atomic E-state index is -0.0185. The molecule has 3 rings (SSSR count). The molecule has 2 amide bonds. The highest BCUT2D eigenvalue weighted by molar-refractivity contribution is 5.74. The molecule has 140 valence electrons. The number of nitriles is 1. The number of carbonyl (C=O) groups excluding carboxylic acids is 1. The lowest BCUT2D eigenvalue weighted by atomic mass is 9.93. The average Bonchev–Trinajstić information content (AvgIpc) is 2.92. The SMILES string of the molecule is N#Cc1ccc(OC2CCC(NC(=O)NC3CCCCCC3)CC2)nc1. The standard InChI is InChI=1S/C20H28N4O2/c21-13-15-7-12-19(22-14-15)26-18-10-8-17(9-11-18)24-20(25)23-16-5-3-1-2-4-6-16/h7,12,14,16-18H,1-6,8-11H2,(H2,23,24,25). The normalized spacial score (nSPS) is 24.1. The Balaban J connectivity index is 1.37. The summed E-state index contributed by atoms with van der Waals surface area (Å²) in [5.74, 6) is 0.562. The summed E-state index contributed by atoms with van der Waals surface area (Å²) in [5, 5.41) is 15.1. The Labute approximate surface area is 155 Å². The van der Waals surface area contributed by atoms with Gasteiger partial charge in [-0.05, 0) is 44.6 Å². The number of nitrogens with zero attached hydrogens (tertiary/aromatic N) is 2. The molecule has 1 aromatic rings. The van der Waals surface area contributed by atoms with Crippen molar-refractivity contribution in [2.24, 2.45) is 0 Å². The molecule has 0 saturated heterocycles. The molecule has 0 unspecified atom stereocenters. The number of ether oxygens (including phenoxy) is 1. The second-order valence-corrected chi connectivity index (χ2v) is 7.39. The molecule has 2 aliphatic rings. The highest BCUT2D eigenvalue weighted by Crippen LogP contribution is 2.23. The highest BCUT2D eigenvalue weighted by Gasteiger charge is 2.24. The van der Waals surface area contributed by atoms with Crippen molar-refractivity contribution in [2.45, 2.75) is 82.4 Å². The van der Waals surface area contributed by atoms with Gasteiger partial charge in [0.05, 0.1) is 5.56 Å². The molecule has 2 fully saturated rings. The molecule has 1 heterocycles. The summed E-state index contributed by atoms with van der Waals surface area (Å²) in [6.07, 6.45) is 12.5. The van der Waals surface area contributed by atoms with Crippen LogP contribution in [0.1, 0.15) is 69.8 Å². The van der Waals surface area contributed by atoms with Crippen LogP contribution in [-0.4, -0.2) is 29.2 Å². The second kappa shape index (κ2) is 9.42. The van der Waals surface area contributed by atoms with E-state index in [1.54, 1.807) is 12.1 Å². The maximum Gasteiger partial charge on any atom is 0.315 e. The van der Waals surface area contributed by atoms with Gasteiger partial charge in [-0.1, -0.05) is 25.7 Å². The van der Waals surface area contributed by atoms with E-state index in [1.165, 1.54) is 31.9 Å². The van der Waals surface area contributed by atoms with Crippen LogP contribution in [0.3, 0.4) is 0 Å². The molecule has 6 nitrogen and oxygen atoms in total. The zero-order chi connectivity index (χ0) is 18.2. The number of hydrogen-bond acceptors (Lipinski definition) is 4. The Morgan fingerprint density at radius 1 is 1.00 bits per heavy atom. The lowest BCUT2D eigenvalue weighted by Gasteiger charge is -2.29. The van der Waals surface area contributed by atoms with Crippen LogP contribution in [0.4, 0.5) is 4.79 Å². The maximum atomic E-state index is 12.2. The molecular formula is C20H28N4O2. The summed E-state index contributed by atoms with van der Waals surface area (Å²) >= 11 is 0. The summed E-state index contributed by atoms with van der Waals surface area (Å²) in [6, 6.07) is 6.04. The smallest absolute Gasteiger partial charge is 0.315 e. The second-order valence-electron chi connectivity index (χ2n) is 7.39. The van der Waals surface area contributed by atoms with E-state index in [1.807, 2.05) is 0 Å². The molecule has 0 radical (unpaired) electrons. The van der Waals surface area contributed by atoms with E-state index in [0.717, 1.165) is 38.5 Å². The lowest BCUT2D eigenvalue weighted by Crippen LogP contribution is -2.47. The fourth-order valence-corrected chi connectivity index (χ4v) is 3.85. The molecule has 0 bridgehead atoms. The van der Waals surface area contributed by atoms with Gasteiger partial charge in [-0.2, -0.15) is 5.26 Å². The zero-order valence-electron chi connectivity index (χ0n) is 15.2. The summed E-state index contributed by atoms with van der Waals surface area (Å²) in [4.78, 5) is 16.4. The molecule has 0 atom stereocenters. The Kier molecular flexibility index (Phi) is 6.70. The van der Waals surface area contributed by atoms with E-state index in [2.05, 4.69) is 21.7 Å². The zero-order valence-corrected chi connectivity index (χ0v) is 15.2. The predicted molar refractivity (Wildman–Crippen MR) is 98.8 cm³/mol. The topological polar surface area (TPSA) is 87.0 Å². The van der Waals surface area contributed by atoms with Gasteiger partial charge in [0, 0.05) is 24.3 Å². The van der Waals surface area contributed by atoms with Gasteiger partial charge in [0.15, 0.2) is 0 Å². The molecule has 26 heavy (non-hydrogen) atoms. The molecule has 2 saturated carbocycles. The van der Waals surface area contributed by atoms with Crippen molar-refractivity contribution in [1.29, 1.82) is 5.26 Å². The Hall–Kier alpha value is -2.29. The fraction of sp³-hybridized carbons (Fsp3) is 0.650. The van der Waals surface area contributed by atoms with Crippen molar-refractivity contribution in [1.82, 2.24) is 15.6 Å². The van der Waals surface area contributed by atoms with Crippen LogP contribution >= 0.6 is 0 Å². The van der Waals surface area contributed by atoms with Gasteiger partial charge in [-0.25, -0.2) is 9.78 Å². The molecule has 2 aliphatic carbocycles. The van der Waals surface area contributed by atoms with Gasteiger partial charge in [0.2, 0.25) is 5.88 Å². The molecular weight excluding hydrogens is 328 g/mol. The summed E-state index contributed by atoms with van der Waals surface area (Å²) < 4.78 is 5.89. The maximum absolute atomic E-state index is 12.2. The van der Waals surface area contributed by atoms with Gasteiger partial charge in [0.1, 0.15) is 12.2 Å². The van der Waals surface area contributed by atoms with Crippen molar-refractivity contribution in [2.75, 3.05) is 0 Å². The van der Waals surface area contributed by atoms with E-state index in [4.69, 9.17) is 10.00 Å². The third-order valence-corrected chi connectivity index (χ3v) is 5.35. The van der Waals surface area contributed by atoms with E-state index in [9.17, 15) is 4.79 Å². The minimum Gasteiger partial charge on any atom is -0.474 e.